The van der Waals surface area contributed by atoms with Crippen LogP contribution < -0.4 is 0 Å². The second kappa shape index (κ2) is 25.9. The molecule has 0 spiro atoms. The average molecular weight is 824 g/mol. The monoisotopic (exact) mass is 822 g/mol. The Hall–Kier alpha value is -2.51. The average Bonchev–Trinajstić information content (AvgIpc) is 3.25. The first-order chi connectivity index (χ1) is 27.3. The summed E-state index contributed by atoms with van der Waals surface area (Å²) in [7, 11) is 0. The summed E-state index contributed by atoms with van der Waals surface area (Å²) >= 11 is 0. The zero-order valence-electron chi connectivity index (χ0n) is 34.8. The van der Waals surface area contributed by atoms with Crippen molar-refractivity contribution >= 4 is 10.8 Å². The maximum absolute atomic E-state index is 10.8. The van der Waals surface area contributed by atoms with Crippen molar-refractivity contribution < 1.29 is 36.9 Å². The number of aliphatic hydroxyl groups is 4. The fourth-order valence-electron chi connectivity index (χ4n) is 9.67. The first-order valence-electron chi connectivity index (χ1n) is 22.2. The van der Waals surface area contributed by atoms with Crippen LogP contribution in [-0.2, 0) is 16.5 Å². The molecule has 4 fully saturated rings. The molecule has 3 aromatic rings. The van der Waals surface area contributed by atoms with Crippen LogP contribution in [0.4, 0.5) is 0 Å². The molecule has 7 atom stereocenters. The molecule has 7 heteroatoms. The van der Waals surface area contributed by atoms with Gasteiger partial charge in [-0.25, -0.2) is 0 Å². The number of benzene rings is 3. The van der Waals surface area contributed by atoms with E-state index in [-0.39, 0.29) is 35.1 Å². The van der Waals surface area contributed by atoms with E-state index in [0.717, 1.165) is 59.3 Å². The van der Waals surface area contributed by atoms with Crippen molar-refractivity contribution in [3.8, 4) is 0 Å². The van der Waals surface area contributed by atoms with Crippen molar-refractivity contribution in [2.24, 2.45) is 29.6 Å². The van der Waals surface area contributed by atoms with Crippen molar-refractivity contribution in [1.82, 2.24) is 0 Å². The van der Waals surface area contributed by atoms with E-state index in [9.17, 15) is 20.4 Å². The minimum atomic E-state index is -0.689. The van der Waals surface area contributed by atoms with Crippen molar-refractivity contribution in [2.45, 2.75) is 141 Å². The van der Waals surface area contributed by atoms with Gasteiger partial charge in [0.1, 0.15) is 0 Å². The third-order valence-electron chi connectivity index (χ3n) is 13.1. The van der Waals surface area contributed by atoms with Crippen LogP contribution in [0, 0.1) is 29.6 Å². The van der Waals surface area contributed by atoms with Crippen LogP contribution in [0.15, 0.2) is 96.7 Å². The molecule has 0 aromatic heterocycles. The maximum Gasteiger partial charge on any atom is 2.00 e. The van der Waals surface area contributed by atoms with Crippen LogP contribution in [-0.4, -0.2) is 52.3 Å². The molecular formula is C50H72N2NiO4. The van der Waals surface area contributed by atoms with Crippen LogP contribution in [0.25, 0.3) is 21.4 Å². The standard InChI is InChI=1S/C19H34O2.C19H18O2.C6H12N.C6H8N.Ni/c2*20-18(15-8-2-1-3-9-15)13-19(21)17-12-6-10-14-7-4-5-11-16(14)17;2*1-6-2-4-7-5-3-6;/h14-21H,1-13H2;1-12,18-21H,13H2;6H,2-5H2,1H3;2-4H,5H2,1H3;/q;;2*-1;+2. The number of allylic oxidation sites excluding steroid dienone is 2. The number of aliphatic hydroxyl groups excluding tert-OH is 4. The smallest absolute Gasteiger partial charge is 0.687 e. The van der Waals surface area contributed by atoms with Gasteiger partial charge in [0.05, 0.1) is 24.4 Å². The SMILES string of the molecule is CC1=CC[N-]C=C1.CC1CC[N-]CC1.OC(CC(O)C1CCCC2CCCCC21)C1CCCCC1.OC(CC(O)c1cccc2ccccc12)c1ccccc1.[Ni+2]. The number of rotatable bonds is 8. The van der Waals surface area contributed by atoms with Crippen molar-refractivity contribution in [2.75, 3.05) is 19.6 Å². The Morgan fingerprint density at radius 1 is 0.649 bits per heavy atom. The number of nitrogens with zero attached hydrogens (tertiary/aromatic N) is 2. The van der Waals surface area contributed by atoms with E-state index in [1.807, 2.05) is 85.1 Å². The van der Waals surface area contributed by atoms with E-state index in [1.165, 1.54) is 95.5 Å². The van der Waals surface area contributed by atoms with Gasteiger partial charge in [-0.05, 0) is 90.5 Å². The van der Waals surface area contributed by atoms with Crippen molar-refractivity contribution in [3.05, 3.63) is 118 Å². The van der Waals surface area contributed by atoms with Gasteiger partial charge in [0, 0.05) is 6.42 Å². The van der Waals surface area contributed by atoms with Gasteiger partial charge in [0.2, 0.25) is 0 Å². The van der Waals surface area contributed by atoms with Gasteiger partial charge in [-0.15, -0.1) is 19.6 Å². The van der Waals surface area contributed by atoms with Gasteiger partial charge >= 0.3 is 16.5 Å². The van der Waals surface area contributed by atoms with Crippen LogP contribution in [0.3, 0.4) is 0 Å². The summed E-state index contributed by atoms with van der Waals surface area (Å²) in [5.74, 6) is 3.50. The Balaban J connectivity index is 0.000000187. The van der Waals surface area contributed by atoms with Crippen LogP contribution >= 0.6 is 0 Å². The maximum atomic E-state index is 10.8. The molecule has 57 heavy (non-hydrogen) atoms. The zero-order valence-corrected chi connectivity index (χ0v) is 35.8. The summed E-state index contributed by atoms with van der Waals surface area (Å²) in [5, 5.41) is 52.4. The largest absolute Gasteiger partial charge is 2.00 e. The second-order valence-electron chi connectivity index (χ2n) is 17.3. The molecule has 0 bridgehead atoms. The Kier molecular flexibility index (Phi) is 21.4. The van der Waals surface area contributed by atoms with Crippen LogP contribution in [0.1, 0.15) is 140 Å². The van der Waals surface area contributed by atoms with Gasteiger partial charge in [-0.3, -0.25) is 0 Å². The van der Waals surface area contributed by atoms with Gasteiger partial charge in [0.15, 0.2) is 0 Å². The molecule has 316 valence electrons. The molecule has 6 nitrogen and oxygen atoms in total. The van der Waals surface area contributed by atoms with E-state index >= 15 is 0 Å². The molecule has 3 aliphatic carbocycles. The quantitative estimate of drug-likeness (QED) is 0.170. The first kappa shape index (κ1) is 47.2. The topological polar surface area (TPSA) is 109 Å². The molecule has 2 heterocycles. The molecular weight excluding hydrogens is 751 g/mol. The predicted octanol–water partition coefficient (Wildman–Crippen LogP) is 11.9. The minimum absolute atomic E-state index is 0. The Bertz CT molecular complexity index is 1580. The van der Waals surface area contributed by atoms with Crippen LogP contribution in [0.2, 0.25) is 0 Å². The molecule has 0 radical (unpaired) electrons. The van der Waals surface area contributed by atoms with Gasteiger partial charge in [-0.2, -0.15) is 6.20 Å². The van der Waals surface area contributed by atoms with Crippen molar-refractivity contribution in [1.29, 1.82) is 0 Å². The number of hydrogen-bond donors (Lipinski definition) is 4. The van der Waals surface area contributed by atoms with Gasteiger partial charge < -0.3 is 31.1 Å². The van der Waals surface area contributed by atoms with Gasteiger partial charge in [-0.1, -0.05) is 162 Å². The molecule has 2 aliphatic heterocycles. The van der Waals surface area contributed by atoms with E-state index < -0.39 is 12.2 Å². The molecule has 1 saturated heterocycles. The Morgan fingerprint density at radius 2 is 1.32 bits per heavy atom. The summed E-state index contributed by atoms with van der Waals surface area (Å²) in [6.45, 7) is 7.46. The molecule has 3 saturated carbocycles. The second-order valence-corrected chi connectivity index (χ2v) is 17.3. The van der Waals surface area contributed by atoms with E-state index in [4.69, 9.17) is 0 Å². The van der Waals surface area contributed by atoms with Crippen LogP contribution in [0.5, 0.6) is 0 Å². The summed E-state index contributed by atoms with van der Waals surface area (Å²) in [6, 6.07) is 23.3. The number of piperidine rings is 1. The summed E-state index contributed by atoms with van der Waals surface area (Å²) in [6.07, 6.45) is 23.2. The fourth-order valence-corrected chi connectivity index (χ4v) is 9.67. The first-order valence-corrected chi connectivity index (χ1v) is 22.2. The number of fused-ring (bicyclic) bond motifs is 2. The molecule has 3 aromatic carbocycles. The summed E-state index contributed by atoms with van der Waals surface area (Å²) in [4.78, 5) is 0. The molecule has 5 aliphatic rings. The number of hydrogen-bond acceptors (Lipinski definition) is 4. The third-order valence-corrected chi connectivity index (χ3v) is 13.1. The zero-order chi connectivity index (χ0) is 39.5. The van der Waals surface area contributed by atoms with Gasteiger partial charge in [0.25, 0.3) is 0 Å². The Morgan fingerprint density at radius 3 is 1.98 bits per heavy atom. The van der Waals surface area contributed by atoms with E-state index in [2.05, 4.69) is 30.6 Å². The minimum Gasteiger partial charge on any atom is -0.687 e. The van der Waals surface area contributed by atoms with E-state index in [0.29, 0.717) is 18.3 Å². The molecule has 4 N–H and O–H groups in total. The van der Waals surface area contributed by atoms with Crippen molar-refractivity contribution in [3.63, 3.8) is 0 Å². The Labute approximate surface area is 355 Å². The third kappa shape index (κ3) is 15.6. The normalized spacial score (nSPS) is 24.4. The summed E-state index contributed by atoms with van der Waals surface area (Å²) in [5.41, 5.74) is 3.01. The molecule has 8 rings (SSSR count). The predicted molar refractivity (Wildman–Crippen MR) is 234 cm³/mol. The molecule has 0 amide bonds. The molecule has 7 unspecified atom stereocenters. The fraction of sp³-hybridized carbons (Fsp3) is 0.600. The van der Waals surface area contributed by atoms with E-state index in [1.54, 1.807) is 0 Å². The summed E-state index contributed by atoms with van der Waals surface area (Å²) < 4.78 is 0.